The number of hydrogen-bond acceptors (Lipinski definition) is 6. The lowest BCUT2D eigenvalue weighted by molar-refractivity contribution is -0.136. The molecule has 0 spiro atoms. The van der Waals surface area contributed by atoms with E-state index in [0.717, 1.165) is 46.0 Å². The van der Waals surface area contributed by atoms with Gasteiger partial charge in [0, 0.05) is 10.4 Å². The first-order valence-electron chi connectivity index (χ1n) is 10.4. The van der Waals surface area contributed by atoms with Crippen molar-refractivity contribution in [1.82, 2.24) is 5.43 Å². The van der Waals surface area contributed by atoms with Crippen LogP contribution in [0.3, 0.4) is 0 Å². The minimum absolute atomic E-state index is 0.236. The average Bonchev–Trinajstić information content (AvgIpc) is 3.37. The Kier molecular flexibility index (Phi) is 6.32. The molecule has 0 unspecified atom stereocenters. The second-order valence-corrected chi connectivity index (χ2v) is 8.51. The summed E-state index contributed by atoms with van der Waals surface area (Å²) in [5.74, 6) is -2.27. The van der Waals surface area contributed by atoms with Crippen LogP contribution in [0, 0.1) is 0 Å². The Labute approximate surface area is 189 Å². The number of esters is 1. The number of benzene rings is 2. The Hall–Kier alpha value is -3.52. The molecule has 0 radical (unpaired) electrons. The van der Waals surface area contributed by atoms with Gasteiger partial charge in [0.1, 0.15) is 5.00 Å². The number of hydrogen-bond donors (Lipinski definition) is 2. The van der Waals surface area contributed by atoms with Crippen LogP contribution in [0.15, 0.2) is 47.6 Å². The van der Waals surface area contributed by atoms with Crippen LogP contribution in [-0.4, -0.2) is 30.1 Å². The monoisotopic (exact) mass is 449 g/mol. The molecule has 32 heavy (non-hydrogen) atoms. The predicted molar refractivity (Wildman–Crippen MR) is 125 cm³/mol. The molecule has 2 aromatic carbocycles. The summed E-state index contributed by atoms with van der Waals surface area (Å²) in [6.07, 6.45) is 2.57. The van der Waals surface area contributed by atoms with Crippen molar-refractivity contribution in [3.05, 3.63) is 64.0 Å². The first-order chi connectivity index (χ1) is 15.5. The fourth-order valence-corrected chi connectivity index (χ4v) is 5.13. The molecular formula is C24H23N3O4S. The quantitative estimate of drug-likeness (QED) is 0.266. The number of amides is 2. The summed E-state index contributed by atoms with van der Waals surface area (Å²) in [6.45, 7) is 3.73. The number of nitrogens with zero attached hydrogens (tertiary/aromatic N) is 1. The summed E-state index contributed by atoms with van der Waals surface area (Å²) in [5, 5.41) is 9.09. The average molecular weight is 450 g/mol. The number of carbonyl (C=O) groups excluding carboxylic acids is 3. The van der Waals surface area contributed by atoms with Gasteiger partial charge in [0.25, 0.3) is 0 Å². The molecule has 8 heteroatoms. The zero-order valence-electron chi connectivity index (χ0n) is 17.9. The van der Waals surface area contributed by atoms with Crippen molar-refractivity contribution in [3.63, 3.8) is 0 Å². The third kappa shape index (κ3) is 4.27. The molecule has 7 nitrogen and oxygen atoms in total. The van der Waals surface area contributed by atoms with Gasteiger partial charge in [-0.1, -0.05) is 42.5 Å². The van der Waals surface area contributed by atoms with E-state index in [9.17, 15) is 14.4 Å². The number of carbonyl (C=O) groups is 3. The van der Waals surface area contributed by atoms with E-state index >= 15 is 0 Å². The van der Waals surface area contributed by atoms with E-state index in [4.69, 9.17) is 4.74 Å². The summed E-state index contributed by atoms with van der Waals surface area (Å²) in [6, 6.07) is 13.7. The minimum Gasteiger partial charge on any atom is -0.462 e. The SMILES string of the molecule is CCOC(=O)c1c(NC(=O)C(=O)NN=C(C)c2cccc3ccccc23)sc2c1CCC2. The topological polar surface area (TPSA) is 96.9 Å². The number of anilines is 1. The predicted octanol–water partition coefficient (Wildman–Crippen LogP) is 4.05. The maximum Gasteiger partial charge on any atom is 0.341 e. The molecule has 0 fully saturated rings. The van der Waals surface area contributed by atoms with Crippen molar-refractivity contribution in [2.75, 3.05) is 11.9 Å². The van der Waals surface area contributed by atoms with Crippen LogP contribution in [0.5, 0.6) is 0 Å². The molecule has 2 N–H and O–H groups in total. The molecule has 3 aromatic rings. The van der Waals surface area contributed by atoms with E-state index in [1.807, 2.05) is 42.5 Å². The van der Waals surface area contributed by atoms with E-state index in [-0.39, 0.29) is 6.61 Å². The van der Waals surface area contributed by atoms with Crippen molar-refractivity contribution in [2.45, 2.75) is 33.1 Å². The Morgan fingerprint density at radius 2 is 1.84 bits per heavy atom. The van der Waals surface area contributed by atoms with Crippen molar-refractivity contribution >= 4 is 50.6 Å². The minimum atomic E-state index is -0.909. The lowest BCUT2D eigenvalue weighted by Gasteiger charge is -2.08. The summed E-state index contributed by atoms with van der Waals surface area (Å²) >= 11 is 1.32. The second-order valence-electron chi connectivity index (χ2n) is 7.40. The zero-order chi connectivity index (χ0) is 22.7. The fraction of sp³-hybridized carbons (Fsp3) is 0.250. The number of hydrazone groups is 1. The highest BCUT2D eigenvalue weighted by Crippen LogP contribution is 2.39. The van der Waals surface area contributed by atoms with Gasteiger partial charge in [-0.05, 0) is 49.4 Å². The second kappa shape index (κ2) is 9.32. The molecule has 1 heterocycles. The van der Waals surface area contributed by atoms with Crippen LogP contribution >= 0.6 is 11.3 Å². The van der Waals surface area contributed by atoms with E-state index < -0.39 is 17.8 Å². The molecule has 0 atom stereocenters. The van der Waals surface area contributed by atoms with Crippen LogP contribution in [0.1, 0.15) is 46.6 Å². The molecule has 4 rings (SSSR count). The Morgan fingerprint density at radius 3 is 2.66 bits per heavy atom. The Bertz CT molecular complexity index is 1240. The largest absolute Gasteiger partial charge is 0.462 e. The smallest absolute Gasteiger partial charge is 0.341 e. The van der Waals surface area contributed by atoms with Gasteiger partial charge in [0.15, 0.2) is 0 Å². The van der Waals surface area contributed by atoms with Gasteiger partial charge in [-0.2, -0.15) is 5.10 Å². The summed E-state index contributed by atoms with van der Waals surface area (Å²) in [5.41, 5.74) is 5.03. The maximum atomic E-state index is 12.5. The Balaban J connectivity index is 1.49. The fourth-order valence-electron chi connectivity index (χ4n) is 3.86. The standard InChI is InChI=1S/C24H23N3O4S/c1-3-31-24(30)20-18-12-7-13-19(18)32-23(20)25-21(28)22(29)27-26-14(2)16-11-6-9-15-8-4-5-10-17(15)16/h4-6,8-11H,3,7,12-13H2,1-2H3,(H,25,28)(H,27,29). The molecule has 2 amide bonds. The van der Waals surface area contributed by atoms with Crippen LogP contribution in [0.25, 0.3) is 10.8 Å². The molecule has 164 valence electrons. The molecule has 1 aliphatic carbocycles. The van der Waals surface area contributed by atoms with Crippen molar-refractivity contribution in [2.24, 2.45) is 5.10 Å². The number of nitrogens with one attached hydrogen (secondary N) is 2. The van der Waals surface area contributed by atoms with Crippen molar-refractivity contribution in [1.29, 1.82) is 0 Å². The van der Waals surface area contributed by atoms with Crippen LogP contribution in [-0.2, 0) is 27.2 Å². The highest BCUT2D eigenvalue weighted by atomic mass is 32.1. The highest BCUT2D eigenvalue weighted by molar-refractivity contribution is 7.17. The Morgan fingerprint density at radius 1 is 1.06 bits per heavy atom. The van der Waals surface area contributed by atoms with Gasteiger partial charge >= 0.3 is 17.8 Å². The molecule has 0 aliphatic heterocycles. The van der Waals surface area contributed by atoms with Gasteiger partial charge < -0.3 is 10.1 Å². The first-order valence-corrected chi connectivity index (χ1v) is 11.3. The van der Waals surface area contributed by atoms with E-state index in [1.54, 1.807) is 13.8 Å². The third-order valence-corrected chi connectivity index (χ3v) is 6.55. The molecule has 1 aliphatic rings. The highest BCUT2D eigenvalue weighted by Gasteiger charge is 2.29. The lowest BCUT2D eigenvalue weighted by Crippen LogP contribution is -2.33. The first kappa shape index (κ1) is 21.7. The molecule has 1 aromatic heterocycles. The normalized spacial score (nSPS) is 13.0. The summed E-state index contributed by atoms with van der Waals surface area (Å²) in [4.78, 5) is 38.4. The van der Waals surface area contributed by atoms with Gasteiger partial charge in [-0.15, -0.1) is 11.3 Å². The van der Waals surface area contributed by atoms with E-state index in [1.165, 1.54) is 11.3 Å². The molecule has 0 saturated heterocycles. The lowest BCUT2D eigenvalue weighted by atomic mass is 10.0. The van der Waals surface area contributed by atoms with Crippen LogP contribution in [0.4, 0.5) is 5.00 Å². The maximum absolute atomic E-state index is 12.5. The van der Waals surface area contributed by atoms with Gasteiger partial charge in [0.2, 0.25) is 0 Å². The van der Waals surface area contributed by atoms with E-state index in [2.05, 4.69) is 15.8 Å². The van der Waals surface area contributed by atoms with Crippen molar-refractivity contribution in [3.8, 4) is 0 Å². The van der Waals surface area contributed by atoms with Crippen LogP contribution < -0.4 is 10.7 Å². The summed E-state index contributed by atoms with van der Waals surface area (Å²) in [7, 11) is 0. The van der Waals surface area contributed by atoms with Crippen LogP contribution in [0.2, 0.25) is 0 Å². The molecular weight excluding hydrogens is 426 g/mol. The zero-order valence-corrected chi connectivity index (χ0v) is 18.7. The number of fused-ring (bicyclic) bond motifs is 2. The number of ether oxygens (including phenoxy) is 1. The number of rotatable bonds is 5. The van der Waals surface area contributed by atoms with Crippen molar-refractivity contribution < 1.29 is 19.1 Å². The molecule has 0 bridgehead atoms. The number of aryl methyl sites for hydroxylation is 1. The van der Waals surface area contributed by atoms with Gasteiger partial charge in [-0.25, -0.2) is 10.2 Å². The number of thiophene rings is 1. The van der Waals surface area contributed by atoms with Gasteiger partial charge in [0.05, 0.1) is 17.9 Å². The molecule has 0 saturated carbocycles. The summed E-state index contributed by atoms with van der Waals surface area (Å²) < 4.78 is 5.15. The van der Waals surface area contributed by atoms with Gasteiger partial charge in [-0.3, -0.25) is 9.59 Å². The third-order valence-electron chi connectivity index (χ3n) is 5.34. The van der Waals surface area contributed by atoms with E-state index in [0.29, 0.717) is 16.3 Å².